The molecule has 0 saturated heterocycles. The van der Waals surface area contributed by atoms with Crippen LogP contribution in [-0.2, 0) is 11.2 Å². The van der Waals surface area contributed by atoms with Crippen LogP contribution >= 0.6 is 34.8 Å². The Morgan fingerprint density at radius 2 is 1.71 bits per heavy atom. The molecular formula is C9H7Cl3O2. The van der Waals surface area contributed by atoms with Gasteiger partial charge in [-0.05, 0) is 24.1 Å². The standard InChI is InChI=1S/C9H7Cl3O2/c10-6-3-5(1-2-8(13)14)4-7(11)9(6)12/h3-4H,1-2H2,(H,13,14). The molecule has 0 aliphatic rings. The Balaban J connectivity index is 2.84. The highest BCUT2D eigenvalue weighted by atomic mass is 35.5. The Labute approximate surface area is 96.4 Å². The van der Waals surface area contributed by atoms with Gasteiger partial charge in [0.25, 0.3) is 0 Å². The van der Waals surface area contributed by atoms with Crippen molar-refractivity contribution in [2.75, 3.05) is 0 Å². The molecule has 0 amide bonds. The van der Waals surface area contributed by atoms with Gasteiger partial charge in [0.15, 0.2) is 0 Å². The molecule has 0 aliphatic heterocycles. The topological polar surface area (TPSA) is 37.3 Å². The van der Waals surface area contributed by atoms with Crippen LogP contribution in [0, 0.1) is 0 Å². The molecule has 0 radical (unpaired) electrons. The lowest BCUT2D eigenvalue weighted by Crippen LogP contribution is -1.97. The van der Waals surface area contributed by atoms with Gasteiger partial charge in [-0.1, -0.05) is 34.8 Å². The van der Waals surface area contributed by atoms with Crippen molar-refractivity contribution in [2.45, 2.75) is 12.8 Å². The smallest absolute Gasteiger partial charge is 0.303 e. The number of benzene rings is 1. The van der Waals surface area contributed by atoms with E-state index in [-0.39, 0.29) is 6.42 Å². The number of aliphatic carboxylic acids is 1. The average Bonchev–Trinajstić information content (AvgIpc) is 2.10. The molecule has 0 fully saturated rings. The number of carbonyl (C=O) groups is 1. The van der Waals surface area contributed by atoms with E-state index in [1.54, 1.807) is 12.1 Å². The third kappa shape index (κ3) is 3.05. The second-order valence-corrected chi connectivity index (χ2v) is 3.96. The van der Waals surface area contributed by atoms with Gasteiger partial charge in [-0.2, -0.15) is 0 Å². The van der Waals surface area contributed by atoms with Crippen LogP contribution in [0.25, 0.3) is 0 Å². The molecular weight excluding hydrogens is 246 g/mol. The van der Waals surface area contributed by atoms with Gasteiger partial charge in [0.2, 0.25) is 0 Å². The molecule has 5 heteroatoms. The van der Waals surface area contributed by atoms with E-state index in [0.717, 1.165) is 5.56 Å². The summed E-state index contributed by atoms with van der Waals surface area (Å²) in [5.41, 5.74) is 0.770. The van der Waals surface area contributed by atoms with E-state index < -0.39 is 5.97 Å². The molecule has 0 heterocycles. The van der Waals surface area contributed by atoms with Crippen LogP contribution in [0.1, 0.15) is 12.0 Å². The van der Waals surface area contributed by atoms with Crippen molar-refractivity contribution in [2.24, 2.45) is 0 Å². The monoisotopic (exact) mass is 252 g/mol. The predicted octanol–water partition coefficient (Wildman–Crippen LogP) is 3.66. The second-order valence-electron chi connectivity index (χ2n) is 2.77. The lowest BCUT2D eigenvalue weighted by atomic mass is 10.1. The summed E-state index contributed by atoms with van der Waals surface area (Å²) in [5.74, 6) is -0.854. The van der Waals surface area contributed by atoms with Crippen LogP contribution in [0.2, 0.25) is 15.1 Å². The van der Waals surface area contributed by atoms with Gasteiger partial charge < -0.3 is 5.11 Å². The van der Waals surface area contributed by atoms with E-state index in [9.17, 15) is 4.79 Å². The molecule has 1 aromatic carbocycles. The van der Waals surface area contributed by atoms with Crippen molar-refractivity contribution in [1.29, 1.82) is 0 Å². The number of aryl methyl sites for hydroxylation is 1. The minimum Gasteiger partial charge on any atom is -0.481 e. The van der Waals surface area contributed by atoms with Crippen LogP contribution in [0.15, 0.2) is 12.1 Å². The zero-order valence-corrected chi connectivity index (χ0v) is 9.33. The summed E-state index contributed by atoms with van der Waals surface area (Å²) in [6.45, 7) is 0. The van der Waals surface area contributed by atoms with Gasteiger partial charge in [0.05, 0.1) is 15.1 Å². The summed E-state index contributed by atoms with van der Waals surface area (Å²) < 4.78 is 0. The van der Waals surface area contributed by atoms with E-state index in [1.165, 1.54) is 0 Å². The first-order chi connectivity index (χ1) is 6.50. The van der Waals surface area contributed by atoms with E-state index >= 15 is 0 Å². The summed E-state index contributed by atoms with van der Waals surface area (Å²) in [5, 5.41) is 9.47. The zero-order valence-electron chi connectivity index (χ0n) is 7.06. The van der Waals surface area contributed by atoms with Crippen LogP contribution in [0.3, 0.4) is 0 Å². The molecule has 1 N–H and O–H groups in total. The van der Waals surface area contributed by atoms with Gasteiger partial charge in [-0.15, -0.1) is 0 Å². The SMILES string of the molecule is O=C(O)CCc1cc(Cl)c(Cl)c(Cl)c1. The highest BCUT2D eigenvalue weighted by molar-refractivity contribution is 6.48. The number of hydrogen-bond donors (Lipinski definition) is 1. The second kappa shape index (κ2) is 4.87. The van der Waals surface area contributed by atoms with Gasteiger partial charge in [-0.25, -0.2) is 0 Å². The maximum atomic E-state index is 10.3. The molecule has 0 aliphatic carbocycles. The zero-order chi connectivity index (χ0) is 10.7. The third-order valence-electron chi connectivity index (χ3n) is 1.67. The van der Waals surface area contributed by atoms with Gasteiger partial charge >= 0.3 is 5.97 Å². The Hall–Kier alpha value is -0.440. The molecule has 0 atom stereocenters. The average molecular weight is 254 g/mol. The summed E-state index contributed by atoms with van der Waals surface area (Å²) in [6.07, 6.45) is 0.445. The quantitative estimate of drug-likeness (QED) is 0.835. The highest BCUT2D eigenvalue weighted by Crippen LogP contribution is 2.31. The molecule has 2 nitrogen and oxygen atoms in total. The fraction of sp³-hybridized carbons (Fsp3) is 0.222. The van der Waals surface area contributed by atoms with Crippen LogP contribution in [-0.4, -0.2) is 11.1 Å². The molecule has 1 rings (SSSR count). The Bertz CT molecular complexity index is 340. The van der Waals surface area contributed by atoms with Crippen molar-refractivity contribution < 1.29 is 9.90 Å². The minimum atomic E-state index is -0.854. The Kier molecular flexibility index (Phi) is 4.05. The van der Waals surface area contributed by atoms with Crippen molar-refractivity contribution in [3.05, 3.63) is 32.8 Å². The fourth-order valence-electron chi connectivity index (χ4n) is 1.00. The lowest BCUT2D eigenvalue weighted by molar-refractivity contribution is -0.136. The molecule has 0 unspecified atom stereocenters. The molecule has 0 spiro atoms. The fourth-order valence-corrected chi connectivity index (χ4v) is 1.64. The summed E-state index contributed by atoms with van der Waals surface area (Å²) in [7, 11) is 0. The number of carboxylic acids is 1. The van der Waals surface area contributed by atoms with Gasteiger partial charge in [-0.3, -0.25) is 4.79 Å². The van der Waals surface area contributed by atoms with Gasteiger partial charge in [0.1, 0.15) is 0 Å². The van der Waals surface area contributed by atoms with Crippen LogP contribution in [0.4, 0.5) is 0 Å². The highest BCUT2D eigenvalue weighted by Gasteiger charge is 2.06. The van der Waals surface area contributed by atoms with Crippen LogP contribution in [0.5, 0.6) is 0 Å². The van der Waals surface area contributed by atoms with Crippen molar-refractivity contribution in [1.82, 2.24) is 0 Å². The van der Waals surface area contributed by atoms with Crippen molar-refractivity contribution in [3.8, 4) is 0 Å². The maximum Gasteiger partial charge on any atom is 0.303 e. The normalized spacial score (nSPS) is 10.2. The van der Waals surface area contributed by atoms with E-state index in [1.807, 2.05) is 0 Å². The van der Waals surface area contributed by atoms with E-state index in [2.05, 4.69) is 0 Å². The Morgan fingerprint density at radius 3 is 2.14 bits per heavy atom. The minimum absolute atomic E-state index is 0.0499. The van der Waals surface area contributed by atoms with Crippen LogP contribution < -0.4 is 0 Å². The number of halogens is 3. The first-order valence-corrected chi connectivity index (χ1v) is 4.99. The first kappa shape index (κ1) is 11.6. The van der Waals surface area contributed by atoms with Gasteiger partial charge in [0, 0.05) is 6.42 Å². The molecule has 0 aromatic heterocycles. The number of hydrogen-bond acceptors (Lipinski definition) is 1. The molecule has 76 valence electrons. The third-order valence-corrected chi connectivity index (χ3v) is 2.87. The predicted molar refractivity (Wildman–Crippen MR) is 57.4 cm³/mol. The molecule has 14 heavy (non-hydrogen) atoms. The number of carboxylic acid groups (broad SMARTS) is 1. The lowest BCUT2D eigenvalue weighted by Gasteiger charge is -2.03. The summed E-state index contributed by atoms with van der Waals surface area (Å²) >= 11 is 17.3. The number of rotatable bonds is 3. The maximum absolute atomic E-state index is 10.3. The molecule has 0 saturated carbocycles. The van der Waals surface area contributed by atoms with E-state index in [4.69, 9.17) is 39.9 Å². The van der Waals surface area contributed by atoms with E-state index in [0.29, 0.717) is 21.5 Å². The summed E-state index contributed by atoms with van der Waals surface area (Å²) in [4.78, 5) is 10.3. The van der Waals surface area contributed by atoms with Crippen molar-refractivity contribution in [3.63, 3.8) is 0 Å². The summed E-state index contributed by atoms with van der Waals surface area (Å²) in [6, 6.07) is 3.25. The van der Waals surface area contributed by atoms with Crippen molar-refractivity contribution >= 4 is 40.8 Å². The first-order valence-electron chi connectivity index (χ1n) is 3.86. The largest absolute Gasteiger partial charge is 0.481 e. The molecule has 0 bridgehead atoms. The molecule has 1 aromatic rings. The Morgan fingerprint density at radius 1 is 1.21 bits per heavy atom.